The SMILES string of the molecule is COC[C@]1(OC)CCc2c(sc3ncnc(Nc4cc5c(cc4C)CN=C5)c23)C1. The molecular formula is C22H24N4O2S. The van der Waals surface area contributed by atoms with E-state index in [0.717, 1.165) is 47.5 Å². The average molecular weight is 409 g/mol. The number of aliphatic imine (C=N–C) groups is 1. The minimum atomic E-state index is -0.250. The second-order valence-electron chi connectivity index (χ2n) is 7.86. The Kier molecular flexibility index (Phi) is 4.61. The molecule has 2 aliphatic rings. The molecule has 3 heterocycles. The lowest BCUT2D eigenvalue weighted by atomic mass is 9.84. The highest BCUT2D eigenvalue weighted by atomic mass is 32.1. The highest BCUT2D eigenvalue weighted by Gasteiger charge is 2.37. The van der Waals surface area contributed by atoms with Crippen molar-refractivity contribution in [1.29, 1.82) is 0 Å². The van der Waals surface area contributed by atoms with Gasteiger partial charge in [-0.15, -0.1) is 11.3 Å². The Morgan fingerprint density at radius 3 is 2.97 bits per heavy atom. The zero-order valence-corrected chi connectivity index (χ0v) is 17.7. The molecule has 29 heavy (non-hydrogen) atoms. The van der Waals surface area contributed by atoms with Crippen LogP contribution in [0.5, 0.6) is 0 Å². The maximum atomic E-state index is 5.87. The molecule has 0 unspecified atom stereocenters. The van der Waals surface area contributed by atoms with Gasteiger partial charge in [-0.25, -0.2) is 9.97 Å². The van der Waals surface area contributed by atoms with E-state index in [1.165, 1.54) is 27.1 Å². The largest absolute Gasteiger partial charge is 0.382 e. The number of fused-ring (bicyclic) bond motifs is 4. The first-order valence-corrected chi connectivity index (χ1v) is 10.6. The number of benzene rings is 1. The van der Waals surface area contributed by atoms with Gasteiger partial charge < -0.3 is 14.8 Å². The van der Waals surface area contributed by atoms with Gasteiger partial charge in [-0.1, -0.05) is 6.07 Å². The molecule has 0 spiro atoms. The number of aromatic nitrogens is 2. The van der Waals surface area contributed by atoms with Gasteiger partial charge in [0, 0.05) is 37.4 Å². The molecule has 1 aliphatic carbocycles. The molecule has 5 rings (SSSR count). The minimum absolute atomic E-state index is 0.250. The normalized spacial score (nSPS) is 20.1. The predicted octanol–water partition coefficient (Wildman–Crippen LogP) is 4.20. The number of nitrogens with zero attached hydrogens (tertiary/aromatic N) is 3. The number of anilines is 2. The highest BCUT2D eigenvalue weighted by molar-refractivity contribution is 7.19. The van der Waals surface area contributed by atoms with E-state index in [-0.39, 0.29) is 5.60 Å². The van der Waals surface area contributed by atoms with Gasteiger partial charge in [-0.3, -0.25) is 4.99 Å². The fourth-order valence-corrected chi connectivity index (χ4v) is 5.76. The first-order valence-electron chi connectivity index (χ1n) is 9.82. The van der Waals surface area contributed by atoms with Gasteiger partial charge in [0.1, 0.15) is 17.0 Å². The number of ether oxygens (including phenoxy) is 2. The van der Waals surface area contributed by atoms with Gasteiger partial charge in [0.05, 0.1) is 24.1 Å². The summed E-state index contributed by atoms with van der Waals surface area (Å²) < 4.78 is 11.3. The molecule has 6 nitrogen and oxygen atoms in total. The van der Waals surface area contributed by atoms with E-state index in [9.17, 15) is 0 Å². The van der Waals surface area contributed by atoms with E-state index < -0.39 is 0 Å². The lowest BCUT2D eigenvalue weighted by molar-refractivity contribution is -0.0714. The van der Waals surface area contributed by atoms with Crippen LogP contribution < -0.4 is 5.32 Å². The molecular weight excluding hydrogens is 384 g/mol. The monoisotopic (exact) mass is 408 g/mol. The molecule has 2 aromatic heterocycles. The third-order valence-electron chi connectivity index (χ3n) is 6.06. The zero-order valence-electron chi connectivity index (χ0n) is 16.9. The number of hydrogen-bond donors (Lipinski definition) is 1. The molecule has 3 aromatic rings. The number of thiophene rings is 1. The van der Waals surface area contributed by atoms with Gasteiger partial charge in [-0.2, -0.15) is 0 Å². The van der Waals surface area contributed by atoms with Gasteiger partial charge in [0.2, 0.25) is 0 Å². The van der Waals surface area contributed by atoms with Crippen LogP contribution in [0.1, 0.15) is 33.6 Å². The van der Waals surface area contributed by atoms with Crippen molar-refractivity contribution in [1.82, 2.24) is 9.97 Å². The molecule has 0 saturated heterocycles. The van der Waals surface area contributed by atoms with E-state index in [1.807, 2.05) is 6.21 Å². The third kappa shape index (κ3) is 3.13. The van der Waals surface area contributed by atoms with Crippen molar-refractivity contribution in [2.45, 2.75) is 38.3 Å². The molecule has 1 N–H and O–H groups in total. The molecule has 1 aromatic carbocycles. The van der Waals surface area contributed by atoms with Crippen molar-refractivity contribution < 1.29 is 9.47 Å². The van der Waals surface area contributed by atoms with Crippen LogP contribution in [0.25, 0.3) is 10.2 Å². The molecule has 0 fully saturated rings. The van der Waals surface area contributed by atoms with Crippen LogP contribution in [0.2, 0.25) is 0 Å². The standard InChI is InChI=1S/C22H24N4O2S/c1-13-6-14-9-23-10-15(14)7-17(13)26-20-19-16-4-5-22(28-3,11-27-2)8-18(16)29-21(19)25-12-24-20/h6-7,10,12H,4-5,8-9,11H2,1-3H3,(H,24,25,26)/t22-/m0/s1. The smallest absolute Gasteiger partial charge is 0.142 e. The van der Waals surface area contributed by atoms with Crippen LogP contribution in [-0.4, -0.2) is 42.6 Å². The van der Waals surface area contributed by atoms with Crippen molar-refractivity contribution >= 4 is 39.3 Å². The summed E-state index contributed by atoms with van der Waals surface area (Å²) in [6.07, 6.45) is 6.31. The third-order valence-corrected chi connectivity index (χ3v) is 7.20. The van der Waals surface area contributed by atoms with Crippen molar-refractivity contribution in [3.05, 3.63) is 45.6 Å². The lowest BCUT2D eigenvalue weighted by Gasteiger charge is -2.35. The maximum Gasteiger partial charge on any atom is 0.142 e. The van der Waals surface area contributed by atoms with E-state index >= 15 is 0 Å². The summed E-state index contributed by atoms with van der Waals surface area (Å²) in [5.74, 6) is 0.877. The lowest BCUT2D eigenvalue weighted by Crippen LogP contribution is -2.41. The van der Waals surface area contributed by atoms with Crippen molar-refractivity contribution in [2.75, 3.05) is 26.1 Å². The summed E-state index contributed by atoms with van der Waals surface area (Å²) in [5, 5.41) is 4.72. The molecule has 7 heteroatoms. The van der Waals surface area contributed by atoms with Gasteiger partial charge in [0.15, 0.2) is 0 Å². The minimum Gasteiger partial charge on any atom is -0.382 e. The van der Waals surface area contributed by atoms with E-state index in [1.54, 1.807) is 31.9 Å². The Balaban J connectivity index is 1.55. The zero-order chi connectivity index (χ0) is 20.0. The fourth-order valence-electron chi connectivity index (χ4n) is 4.44. The molecule has 0 bridgehead atoms. The molecule has 1 aliphatic heterocycles. The van der Waals surface area contributed by atoms with Crippen molar-refractivity contribution in [3.8, 4) is 0 Å². The maximum absolute atomic E-state index is 5.87. The second-order valence-corrected chi connectivity index (χ2v) is 8.95. The molecule has 0 amide bonds. The van der Waals surface area contributed by atoms with Crippen molar-refractivity contribution in [3.63, 3.8) is 0 Å². The Bertz CT molecular complexity index is 1120. The Hall–Kier alpha value is -2.35. The number of nitrogens with one attached hydrogen (secondary N) is 1. The average Bonchev–Trinajstić information content (AvgIpc) is 3.32. The summed E-state index contributed by atoms with van der Waals surface area (Å²) in [6.45, 7) is 3.50. The van der Waals surface area contributed by atoms with E-state index in [2.05, 4.69) is 39.3 Å². The van der Waals surface area contributed by atoms with Crippen LogP contribution in [0.3, 0.4) is 0 Å². The Morgan fingerprint density at radius 2 is 2.14 bits per heavy atom. The molecule has 1 atom stereocenters. The molecule has 0 radical (unpaired) electrons. The summed E-state index contributed by atoms with van der Waals surface area (Å²) in [4.78, 5) is 15.9. The summed E-state index contributed by atoms with van der Waals surface area (Å²) in [6, 6.07) is 4.38. The van der Waals surface area contributed by atoms with Crippen LogP contribution >= 0.6 is 11.3 Å². The van der Waals surface area contributed by atoms with Crippen LogP contribution in [0.15, 0.2) is 23.5 Å². The van der Waals surface area contributed by atoms with Crippen molar-refractivity contribution in [2.24, 2.45) is 4.99 Å². The quantitative estimate of drug-likeness (QED) is 0.685. The summed E-state index contributed by atoms with van der Waals surface area (Å²) >= 11 is 1.74. The summed E-state index contributed by atoms with van der Waals surface area (Å²) in [7, 11) is 3.52. The molecule has 150 valence electrons. The first-order chi connectivity index (χ1) is 14.1. The van der Waals surface area contributed by atoms with Gasteiger partial charge in [-0.05, 0) is 48.1 Å². The topological polar surface area (TPSA) is 68.6 Å². The van der Waals surface area contributed by atoms with Gasteiger partial charge in [0.25, 0.3) is 0 Å². The number of rotatable bonds is 5. The fraction of sp³-hybridized carbons (Fsp3) is 0.409. The van der Waals surface area contributed by atoms with Crippen LogP contribution in [0, 0.1) is 6.92 Å². The Labute approximate surface area is 174 Å². The van der Waals surface area contributed by atoms with E-state index in [4.69, 9.17) is 9.47 Å². The van der Waals surface area contributed by atoms with Gasteiger partial charge >= 0.3 is 0 Å². The van der Waals surface area contributed by atoms with Crippen LogP contribution in [-0.2, 0) is 28.9 Å². The number of aryl methyl sites for hydroxylation is 2. The van der Waals surface area contributed by atoms with Crippen LogP contribution in [0.4, 0.5) is 11.5 Å². The second kappa shape index (κ2) is 7.16. The first kappa shape index (κ1) is 18.7. The number of methoxy groups -OCH3 is 2. The predicted molar refractivity (Wildman–Crippen MR) is 117 cm³/mol. The molecule has 0 saturated carbocycles. The summed E-state index contributed by atoms with van der Waals surface area (Å²) in [5.41, 5.74) is 5.82. The highest BCUT2D eigenvalue weighted by Crippen LogP contribution is 2.42. The van der Waals surface area contributed by atoms with E-state index in [0.29, 0.717) is 6.61 Å². The Morgan fingerprint density at radius 1 is 1.24 bits per heavy atom. The number of hydrogen-bond acceptors (Lipinski definition) is 7.